The second-order valence-electron chi connectivity index (χ2n) is 4.38. The highest BCUT2D eigenvalue weighted by Gasteiger charge is 2.21. The van der Waals surface area contributed by atoms with E-state index in [1.165, 1.54) is 7.11 Å². The van der Waals surface area contributed by atoms with E-state index in [0.29, 0.717) is 18.5 Å². The van der Waals surface area contributed by atoms with Crippen molar-refractivity contribution in [1.29, 1.82) is 0 Å². The number of methoxy groups -OCH3 is 1. The zero-order chi connectivity index (χ0) is 11.3. The van der Waals surface area contributed by atoms with E-state index in [1.807, 2.05) is 0 Å². The van der Waals surface area contributed by atoms with Crippen molar-refractivity contribution < 1.29 is 9.53 Å². The standard InChI is InChI=1S/C11H22N2O2/c1-13(8-7-11(14)15-2)10-5-3-9(12)4-6-10/h9-10H,3-8,12H2,1-2H3. The molecule has 0 aliphatic heterocycles. The third-order valence-corrected chi connectivity index (χ3v) is 3.26. The van der Waals surface area contributed by atoms with Crippen LogP contribution in [0.2, 0.25) is 0 Å². The Hall–Kier alpha value is -0.610. The predicted molar refractivity (Wildman–Crippen MR) is 59.5 cm³/mol. The Morgan fingerprint density at radius 1 is 1.40 bits per heavy atom. The van der Waals surface area contributed by atoms with E-state index >= 15 is 0 Å². The van der Waals surface area contributed by atoms with E-state index < -0.39 is 0 Å². The van der Waals surface area contributed by atoms with Crippen molar-refractivity contribution in [3.05, 3.63) is 0 Å². The maximum absolute atomic E-state index is 11.0. The zero-order valence-electron chi connectivity index (χ0n) is 9.74. The molecule has 4 heteroatoms. The largest absolute Gasteiger partial charge is 0.469 e. The first-order valence-electron chi connectivity index (χ1n) is 5.66. The number of hydrogen-bond donors (Lipinski definition) is 1. The average molecular weight is 214 g/mol. The van der Waals surface area contributed by atoms with Crippen LogP contribution in [0.15, 0.2) is 0 Å². The number of esters is 1. The van der Waals surface area contributed by atoms with Crippen LogP contribution in [0.3, 0.4) is 0 Å². The minimum absolute atomic E-state index is 0.130. The number of carbonyl (C=O) groups excluding carboxylic acids is 1. The Balaban J connectivity index is 2.22. The van der Waals surface area contributed by atoms with Gasteiger partial charge in [0, 0.05) is 18.6 Å². The molecule has 1 aliphatic rings. The van der Waals surface area contributed by atoms with Crippen molar-refractivity contribution in [2.24, 2.45) is 5.73 Å². The van der Waals surface area contributed by atoms with Gasteiger partial charge in [0.1, 0.15) is 0 Å². The Morgan fingerprint density at radius 2 is 2.00 bits per heavy atom. The summed E-state index contributed by atoms with van der Waals surface area (Å²) in [5.74, 6) is -0.130. The van der Waals surface area contributed by atoms with Gasteiger partial charge < -0.3 is 15.4 Å². The van der Waals surface area contributed by atoms with Crippen LogP contribution in [-0.2, 0) is 9.53 Å². The van der Waals surface area contributed by atoms with Crippen molar-refractivity contribution in [1.82, 2.24) is 4.90 Å². The summed E-state index contributed by atoms with van der Waals surface area (Å²) in [5.41, 5.74) is 5.85. The molecule has 1 saturated carbocycles. The summed E-state index contributed by atoms with van der Waals surface area (Å²) in [4.78, 5) is 13.2. The molecule has 1 fully saturated rings. The highest BCUT2D eigenvalue weighted by atomic mass is 16.5. The second kappa shape index (κ2) is 6.08. The fourth-order valence-corrected chi connectivity index (χ4v) is 2.09. The lowest BCUT2D eigenvalue weighted by atomic mass is 9.91. The van der Waals surface area contributed by atoms with Crippen molar-refractivity contribution in [2.75, 3.05) is 20.7 Å². The van der Waals surface area contributed by atoms with Crippen molar-refractivity contribution in [3.8, 4) is 0 Å². The molecule has 0 unspecified atom stereocenters. The van der Waals surface area contributed by atoms with Crippen LogP contribution in [0, 0.1) is 0 Å². The molecule has 1 aliphatic carbocycles. The molecule has 15 heavy (non-hydrogen) atoms. The highest BCUT2D eigenvalue weighted by Crippen LogP contribution is 2.21. The maximum atomic E-state index is 11.0. The quantitative estimate of drug-likeness (QED) is 0.702. The van der Waals surface area contributed by atoms with Gasteiger partial charge >= 0.3 is 5.97 Å². The number of ether oxygens (including phenoxy) is 1. The first-order chi connectivity index (χ1) is 7.13. The molecular weight excluding hydrogens is 192 g/mol. The van der Waals surface area contributed by atoms with Gasteiger partial charge in [-0.25, -0.2) is 0 Å². The Bertz CT molecular complexity index is 201. The van der Waals surface area contributed by atoms with Crippen molar-refractivity contribution in [2.45, 2.75) is 44.2 Å². The first-order valence-corrected chi connectivity index (χ1v) is 5.66. The molecule has 0 amide bonds. The summed E-state index contributed by atoms with van der Waals surface area (Å²) in [6.45, 7) is 0.784. The molecule has 0 bridgehead atoms. The molecule has 0 spiro atoms. The number of hydrogen-bond acceptors (Lipinski definition) is 4. The maximum Gasteiger partial charge on any atom is 0.306 e. The third-order valence-electron chi connectivity index (χ3n) is 3.26. The van der Waals surface area contributed by atoms with Gasteiger partial charge in [-0.15, -0.1) is 0 Å². The lowest BCUT2D eigenvalue weighted by molar-refractivity contribution is -0.141. The second-order valence-corrected chi connectivity index (χ2v) is 4.38. The minimum atomic E-state index is -0.130. The van der Waals surface area contributed by atoms with Gasteiger partial charge in [0.25, 0.3) is 0 Å². The topological polar surface area (TPSA) is 55.6 Å². The van der Waals surface area contributed by atoms with Crippen LogP contribution in [0.4, 0.5) is 0 Å². The van der Waals surface area contributed by atoms with Crippen molar-refractivity contribution in [3.63, 3.8) is 0 Å². The Labute approximate surface area is 91.8 Å². The molecule has 88 valence electrons. The van der Waals surface area contributed by atoms with Crippen LogP contribution in [0.1, 0.15) is 32.1 Å². The molecule has 0 radical (unpaired) electrons. The van der Waals surface area contributed by atoms with Crippen LogP contribution in [0.5, 0.6) is 0 Å². The van der Waals surface area contributed by atoms with Gasteiger partial charge in [-0.3, -0.25) is 4.79 Å². The molecule has 0 aromatic rings. The molecule has 2 N–H and O–H groups in total. The first kappa shape index (κ1) is 12.5. The summed E-state index contributed by atoms with van der Waals surface area (Å²) in [6, 6.07) is 0.977. The molecule has 4 nitrogen and oxygen atoms in total. The van der Waals surface area contributed by atoms with Gasteiger partial charge in [0.05, 0.1) is 13.5 Å². The number of rotatable bonds is 4. The highest BCUT2D eigenvalue weighted by molar-refractivity contribution is 5.69. The molecular formula is C11H22N2O2. The summed E-state index contributed by atoms with van der Waals surface area (Å²) < 4.78 is 4.62. The van der Waals surface area contributed by atoms with E-state index in [2.05, 4.69) is 16.7 Å². The third kappa shape index (κ3) is 4.18. The molecule has 0 aromatic carbocycles. The fraction of sp³-hybridized carbons (Fsp3) is 0.909. The van der Waals surface area contributed by atoms with Gasteiger partial charge in [-0.05, 0) is 32.7 Å². The van der Waals surface area contributed by atoms with E-state index in [0.717, 1.165) is 32.2 Å². The smallest absolute Gasteiger partial charge is 0.306 e. The van der Waals surface area contributed by atoms with E-state index in [-0.39, 0.29) is 5.97 Å². The number of nitrogens with zero attached hydrogens (tertiary/aromatic N) is 1. The van der Waals surface area contributed by atoms with Crippen LogP contribution < -0.4 is 5.73 Å². The van der Waals surface area contributed by atoms with E-state index in [9.17, 15) is 4.79 Å². The SMILES string of the molecule is COC(=O)CCN(C)C1CCC(N)CC1. The van der Waals surface area contributed by atoms with Gasteiger partial charge in [0.15, 0.2) is 0 Å². The fourth-order valence-electron chi connectivity index (χ4n) is 2.09. The Morgan fingerprint density at radius 3 is 2.53 bits per heavy atom. The summed E-state index contributed by atoms with van der Waals surface area (Å²) in [6.07, 6.45) is 4.99. The summed E-state index contributed by atoms with van der Waals surface area (Å²) >= 11 is 0. The molecule has 1 rings (SSSR count). The van der Waals surface area contributed by atoms with Gasteiger partial charge in [-0.1, -0.05) is 0 Å². The zero-order valence-corrected chi connectivity index (χ0v) is 9.74. The van der Waals surface area contributed by atoms with Crippen LogP contribution >= 0.6 is 0 Å². The molecule has 0 heterocycles. The molecule has 0 aromatic heterocycles. The Kier molecular flexibility index (Phi) is 5.05. The summed E-state index contributed by atoms with van der Waals surface area (Å²) in [5, 5.41) is 0. The lowest BCUT2D eigenvalue weighted by Crippen LogP contribution is -2.39. The predicted octanol–water partition coefficient (Wildman–Crippen LogP) is 0.751. The summed E-state index contributed by atoms with van der Waals surface area (Å²) in [7, 11) is 3.51. The average Bonchev–Trinajstić information content (AvgIpc) is 2.26. The van der Waals surface area contributed by atoms with Crippen LogP contribution in [-0.4, -0.2) is 43.7 Å². The van der Waals surface area contributed by atoms with Crippen LogP contribution in [0.25, 0.3) is 0 Å². The normalized spacial score (nSPS) is 26.7. The monoisotopic (exact) mass is 214 g/mol. The molecule has 0 saturated heterocycles. The number of carbonyl (C=O) groups is 1. The minimum Gasteiger partial charge on any atom is -0.469 e. The van der Waals surface area contributed by atoms with Gasteiger partial charge in [-0.2, -0.15) is 0 Å². The lowest BCUT2D eigenvalue weighted by Gasteiger charge is -2.33. The van der Waals surface area contributed by atoms with Crippen molar-refractivity contribution >= 4 is 5.97 Å². The van der Waals surface area contributed by atoms with Gasteiger partial charge in [0.2, 0.25) is 0 Å². The number of nitrogens with two attached hydrogens (primary N) is 1. The van der Waals surface area contributed by atoms with E-state index in [4.69, 9.17) is 5.73 Å². The molecule has 0 atom stereocenters. The van der Waals surface area contributed by atoms with E-state index in [1.54, 1.807) is 0 Å².